The lowest BCUT2D eigenvalue weighted by Crippen LogP contribution is -2.39. The molecule has 0 fully saturated rings. The Balaban J connectivity index is 1.93. The van der Waals surface area contributed by atoms with Crippen LogP contribution in [0.4, 0.5) is 10.5 Å². The number of urea groups is 1. The van der Waals surface area contributed by atoms with E-state index in [0.29, 0.717) is 12.1 Å². The molecule has 6 heteroatoms. The van der Waals surface area contributed by atoms with Crippen LogP contribution in [0.5, 0.6) is 0 Å². The van der Waals surface area contributed by atoms with E-state index in [1.165, 1.54) is 0 Å². The van der Waals surface area contributed by atoms with Crippen molar-refractivity contribution in [3.05, 3.63) is 63.6 Å². The maximum Gasteiger partial charge on any atom is 0.315 e. The van der Waals surface area contributed by atoms with E-state index in [4.69, 9.17) is 0 Å². The third kappa shape index (κ3) is 5.90. The minimum absolute atomic E-state index is 0.0910. The van der Waals surface area contributed by atoms with Crippen LogP contribution in [0, 0.1) is 6.92 Å². The Hall–Kier alpha value is -2.34. The second-order valence-corrected chi connectivity index (χ2v) is 6.95. The van der Waals surface area contributed by atoms with E-state index in [1.807, 2.05) is 51.1 Å². The molecule has 5 nitrogen and oxygen atoms in total. The van der Waals surface area contributed by atoms with Crippen LogP contribution in [0.15, 0.2) is 46.9 Å². The fourth-order valence-corrected chi connectivity index (χ4v) is 2.44. The average molecular weight is 404 g/mol. The second kappa shape index (κ2) is 8.67. The van der Waals surface area contributed by atoms with Gasteiger partial charge in [0.2, 0.25) is 0 Å². The van der Waals surface area contributed by atoms with Crippen molar-refractivity contribution in [2.45, 2.75) is 33.4 Å². The summed E-state index contributed by atoms with van der Waals surface area (Å²) in [7, 11) is 0. The number of carbonyl (C=O) groups is 2. The van der Waals surface area contributed by atoms with Crippen LogP contribution >= 0.6 is 15.9 Å². The fraction of sp³-hybridized carbons (Fsp3) is 0.263. The van der Waals surface area contributed by atoms with Crippen molar-refractivity contribution in [2.75, 3.05) is 5.32 Å². The zero-order valence-corrected chi connectivity index (χ0v) is 16.1. The molecule has 0 atom stereocenters. The zero-order valence-electron chi connectivity index (χ0n) is 14.5. The lowest BCUT2D eigenvalue weighted by atomic mass is 10.1. The molecule has 0 radical (unpaired) electrons. The first kappa shape index (κ1) is 19.0. The SMILES string of the molecule is Cc1cc(NC(=O)c2ccc(CNC(=O)NC(C)C)cc2)ccc1Br. The third-order valence-electron chi connectivity index (χ3n) is 3.50. The average Bonchev–Trinajstić information content (AvgIpc) is 2.56. The largest absolute Gasteiger partial charge is 0.336 e. The van der Waals surface area contributed by atoms with Gasteiger partial charge in [0, 0.05) is 28.3 Å². The number of hydrogen-bond donors (Lipinski definition) is 3. The summed E-state index contributed by atoms with van der Waals surface area (Å²) in [4.78, 5) is 23.9. The molecule has 0 aliphatic rings. The van der Waals surface area contributed by atoms with Crippen LogP contribution in [0.3, 0.4) is 0 Å². The predicted octanol–water partition coefficient (Wildman–Crippen LogP) is 4.22. The number of aryl methyl sites for hydroxylation is 1. The smallest absolute Gasteiger partial charge is 0.315 e. The highest BCUT2D eigenvalue weighted by atomic mass is 79.9. The highest BCUT2D eigenvalue weighted by Crippen LogP contribution is 2.20. The van der Waals surface area contributed by atoms with Crippen LogP contribution in [0.1, 0.15) is 35.3 Å². The van der Waals surface area contributed by atoms with E-state index in [0.717, 1.165) is 21.3 Å². The van der Waals surface area contributed by atoms with Crippen LogP contribution in [-0.2, 0) is 6.54 Å². The zero-order chi connectivity index (χ0) is 18.4. The molecule has 0 aliphatic heterocycles. The fourth-order valence-electron chi connectivity index (χ4n) is 2.20. The molecule has 2 aromatic rings. The first-order chi connectivity index (χ1) is 11.8. The Bertz CT molecular complexity index is 758. The summed E-state index contributed by atoms with van der Waals surface area (Å²) in [6.45, 7) is 6.18. The normalized spacial score (nSPS) is 10.4. The van der Waals surface area contributed by atoms with Gasteiger partial charge in [-0.25, -0.2) is 4.79 Å². The summed E-state index contributed by atoms with van der Waals surface area (Å²) in [5, 5.41) is 8.41. The van der Waals surface area contributed by atoms with E-state index in [2.05, 4.69) is 31.9 Å². The predicted molar refractivity (Wildman–Crippen MR) is 104 cm³/mol. The van der Waals surface area contributed by atoms with E-state index < -0.39 is 0 Å². The lowest BCUT2D eigenvalue weighted by Gasteiger charge is -2.11. The molecule has 3 N–H and O–H groups in total. The minimum Gasteiger partial charge on any atom is -0.336 e. The molecule has 0 aliphatic carbocycles. The lowest BCUT2D eigenvalue weighted by molar-refractivity contribution is 0.102. The maximum absolute atomic E-state index is 12.3. The van der Waals surface area contributed by atoms with Crippen LogP contribution < -0.4 is 16.0 Å². The van der Waals surface area contributed by atoms with Gasteiger partial charge in [0.15, 0.2) is 0 Å². The molecule has 2 aromatic carbocycles. The Morgan fingerprint density at radius 3 is 2.36 bits per heavy atom. The summed E-state index contributed by atoms with van der Waals surface area (Å²) in [5.41, 5.74) is 3.30. The highest BCUT2D eigenvalue weighted by Gasteiger charge is 2.08. The van der Waals surface area contributed by atoms with Gasteiger partial charge in [-0.3, -0.25) is 4.79 Å². The number of benzene rings is 2. The van der Waals surface area contributed by atoms with Crippen molar-refractivity contribution < 1.29 is 9.59 Å². The van der Waals surface area contributed by atoms with Gasteiger partial charge in [-0.2, -0.15) is 0 Å². The Labute approximate surface area is 156 Å². The van der Waals surface area contributed by atoms with E-state index in [1.54, 1.807) is 12.1 Å². The molecule has 3 amide bonds. The minimum atomic E-state index is -0.206. The topological polar surface area (TPSA) is 70.2 Å². The molecule has 0 spiro atoms. The molecule has 0 saturated heterocycles. The van der Waals surface area contributed by atoms with Gasteiger partial charge in [-0.15, -0.1) is 0 Å². The van der Waals surface area contributed by atoms with Crippen molar-refractivity contribution in [1.82, 2.24) is 10.6 Å². The number of nitrogens with one attached hydrogen (secondary N) is 3. The van der Waals surface area contributed by atoms with Gasteiger partial charge in [-0.1, -0.05) is 28.1 Å². The molecular formula is C19H22BrN3O2. The molecule has 0 bridgehead atoms. The van der Waals surface area contributed by atoms with Gasteiger partial charge < -0.3 is 16.0 Å². The number of rotatable bonds is 5. The van der Waals surface area contributed by atoms with Gasteiger partial charge in [0.1, 0.15) is 0 Å². The van der Waals surface area contributed by atoms with Crippen molar-refractivity contribution in [3.63, 3.8) is 0 Å². The molecule has 132 valence electrons. The Morgan fingerprint density at radius 2 is 1.76 bits per heavy atom. The number of anilines is 1. The second-order valence-electron chi connectivity index (χ2n) is 6.10. The van der Waals surface area contributed by atoms with E-state index in [-0.39, 0.29) is 18.0 Å². The first-order valence-electron chi connectivity index (χ1n) is 8.06. The summed E-state index contributed by atoms with van der Waals surface area (Å²) >= 11 is 3.44. The van der Waals surface area contributed by atoms with Crippen LogP contribution in [0.25, 0.3) is 0 Å². The summed E-state index contributed by atoms with van der Waals surface area (Å²) in [6.07, 6.45) is 0. The number of amides is 3. The van der Waals surface area contributed by atoms with Crippen LogP contribution in [-0.4, -0.2) is 18.0 Å². The van der Waals surface area contributed by atoms with Gasteiger partial charge in [0.25, 0.3) is 5.91 Å². The van der Waals surface area contributed by atoms with Crippen molar-refractivity contribution in [3.8, 4) is 0 Å². The summed E-state index contributed by atoms with van der Waals surface area (Å²) in [5.74, 6) is -0.168. The van der Waals surface area contributed by atoms with Gasteiger partial charge in [0.05, 0.1) is 0 Å². The van der Waals surface area contributed by atoms with E-state index in [9.17, 15) is 9.59 Å². The molecular weight excluding hydrogens is 382 g/mol. The van der Waals surface area contributed by atoms with E-state index >= 15 is 0 Å². The number of halogens is 1. The third-order valence-corrected chi connectivity index (χ3v) is 4.39. The molecule has 2 rings (SSSR count). The summed E-state index contributed by atoms with van der Waals surface area (Å²) in [6, 6.07) is 12.7. The molecule has 0 heterocycles. The number of hydrogen-bond acceptors (Lipinski definition) is 2. The Kier molecular flexibility index (Phi) is 6.58. The standard InChI is InChI=1S/C19H22BrN3O2/c1-12(2)22-19(25)21-11-14-4-6-15(7-5-14)18(24)23-16-8-9-17(20)13(3)10-16/h4-10,12H,11H2,1-3H3,(H,23,24)(H2,21,22,25). The molecule has 0 saturated carbocycles. The monoisotopic (exact) mass is 403 g/mol. The van der Waals surface area contributed by atoms with Crippen LogP contribution in [0.2, 0.25) is 0 Å². The van der Waals surface area contributed by atoms with Gasteiger partial charge in [-0.05, 0) is 62.2 Å². The molecule has 0 aromatic heterocycles. The van der Waals surface area contributed by atoms with Crippen molar-refractivity contribution in [1.29, 1.82) is 0 Å². The van der Waals surface area contributed by atoms with Gasteiger partial charge >= 0.3 is 6.03 Å². The molecule has 25 heavy (non-hydrogen) atoms. The highest BCUT2D eigenvalue weighted by molar-refractivity contribution is 9.10. The quantitative estimate of drug-likeness (QED) is 0.699. The van der Waals surface area contributed by atoms with Crippen molar-refractivity contribution in [2.24, 2.45) is 0 Å². The van der Waals surface area contributed by atoms with Crippen molar-refractivity contribution >= 4 is 33.6 Å². The maximum atomic E-state index is 12.3. The summed E-state index contributed by atoms with van der Waals surface area (Å²) < 4.78 is 1.00. The first-order valence-corrected chi connectivity index (χ1v) is 8.85. The Morgan fingerprint density at radius 1 is 1.08 bits per heavy atom. The molecule has 0 unspecified atom stereocenters. The number of carbonyl (C=O) groups excluding carboxylic acids is 2.